The van der Waals surface area contributed by atoms with Crippen molar-refractivity contribution in [3.63, 3.8) is 0 Å². The van der Waals surface area contributed by atoms with Gasteiger partial charge < -0.3 is 0 Å². The van der Waals surface area contributed by atoms with Gasteiger partial charge in [0.05, 0.1) is 0 Å². The Morgan fingerprint density at radius 3 is 2.53 bits per heavy atom. The molecule has 0 nitrogen and oxygen atoms in total. The van der Waals surface area contributed by atoms with Crippen LogP contribution in [-0.4, -0.2) is 0 Å². The molecule has 0 aromatic heterocycles. The second-order valence-electron chi connectivity index (χ2n) is 6.04. The van der Waals surface area contributed by atoms with E-state index in [1.165, 1.54) is 36.8 Å². The van der Waals surface area contributed by atoms with Gasteiger partial charge in [0, 0.05) is 5.41 Å². The highest BCUT2D eigenvalue weighted by Gasteiger charge is 2.34. The summed E-state index contributed by atoms with van der Waals surface area (Å²) < 4.78 is 0. The average Bonchev–Trinajstić information content (AvgIpc) is 2.51. The van der Waals surface area contributed by atoms with Crippen LogP contribution in [0.15, 0.2) is 46.6 Å². The molecule has 0 heteroatoms. The van der Waals surface area contributed by atoms with Crippen LogP contribution in [0.1, 0.15) is 53.4 Å². The van der Waals surface area contributed by atoms with Crippen molar-refractivity contribution in [2.75, 3.05) is 0 Å². The molecule has 0 aromatic carbocycles. The highest BCUT2D eigenvalue weighted by molar-refractivity contribution is 5.51. The van der Waals surface area contributed by atoms with Gasteiger partial charge in [-0.1, -0.05) is 49.3 Å². The Morgan fingerprint density at radius 1 is 1.18 bits per heavy atom. The molecular weight excluding hydrogens is 204 g/mol. The van der Waals surface area contributed by atoms with Crippen LogP contribution in [0.3, 0.4) is 0 Å². The first-order chi connectivity index (χ1) is 8.01. The summed E-state index contributed by atoms with van der Waals surface area (Å²) in [5.41, 5.74) is 6.43. The lowest BCUT2D eigenvalue weighted by molar-refractivity contribution is 0.508. The molecule has 0 aliphatic heterocycles. The first-order valence-corrected chi connectivity index (χ1v) is 6.78. The lowest BCUT2D eigenvalue weighted by atomic mass is 9.76. The average molecular weight is 228 g/mol. The number of allylic oxidation sites excluding steroid dienone is 8. The zero-order chi connectivity index (χ0) is 12.5. The summed E-state index contributed by atoms with van der Waals surface area (Å²) in [6.45, 7) is 9.03. The van der Waals surface area contributed by atoms with Crippen molar-refractivity contribution in [3.05, 3.63) is 46.6 Å². The molecule has 17 heavy (non-hydrogen) atoms. The minimum atomic E-state index is 0.266. The van der Waals surface area contributed by atoms with Gasteiger partial charge >= 0.3 is 0 Å². The summed E-state index contributed by atoms with van der Waals surface area (Å²) in [4.78, 5) is 0. The predicted octanol–water partition coefficient (Wildman–Crippen LogP) is 5.35. The van der Waals surface area contributed by atoms with Crippen LogP contribution in [0.4, 0.5) is 0 Å². The topological polar surface area (TPSA) is 0 Å². The highest BCUT2D eigenvalue weighted by Crippen LogP contribution is 2.48. The van der Waals surface area contributed by atoms with Crippen LogP contribution in [0, 0.1) is 5.41 Å². The van der Waals surface area contributed by atoms with Crippen molar-refractivity contribution in [2.24, 2.45) is 5.41 Å². The summed E-state index contributed by atoms with van der Waals surface area (Å²) in [6.07, 6.45) is 14.5. The summed E-state index contributed by atoms with van der Waals surface area (Å²) in [5.74, 6) is 0. The number of hydrogen-bond acceptors (Lipinski definition) is 0. The number of hydrogen-bond donors (Lipinski definition) is 0. The highest BCUT2D eigenvalue weighted by atomic mass is 14.4. The van der Waals surface area contributed by atoms with E-state index < -0.39 is 0 Å². The Bertz CT molecular complexity index is 421. The van der Waals surface area contributed by atoms with E-state index in [2.05, 4.69) is 52.0 Å². The lowest BCUT2D eigenvalue weighted by Crippen LogP contribution is -2.15. The van der Waals surface area contributed by atoms with Gasteiger partial charge in [0.15, 0.2) is 0 Å². The van der Waals surface area contributed by atoms with E-state index in [1.54, 1.807) is 11.1 Å². The van der Waals surface area contributed by atoms with Crippen molar-refractivity contribution in [1.82, 2.24) is 0 Å². The Kier molecular flexibility index (Phi) is 3.42. The van der Waals surface area contributed by atoms with Gasteiger partial charge in [-0.25, -0.2) is 0 Å². The maximum absolute atomic E-state index is 2.43. The molecule has 0 spiro atoms. The van der Waals surface area contributed by atoms with Crippen LogP contribution in [0.25, 0.3) is 0 Å². The Hall–Kier alpha value is -1.04. The summed E-state index contributed by atoms with van der Waals surface area (Å²) >= 11 is 0. The molecule has 0 bridgehead atoms. The second-order valence-corrected chi connectivity index (χ2v) is 6.04. The molecule has 0 amide bonds. The third-order valence-corrected chi connectivity index (χ3v) is 4.02. The molecule has 0 aromatic rings. The van der Waals surface area contributed by atoms with Gasteiger partial charge in [-0.15, -0.1) is 0 Å². The quantitative estimate of drug-likeness (QED) is 0.559. The predicted molar refractivity (Wildman–Crippen MR) is 75.9 cm³/mol. The standard InChI is InChI=1S/C17H24/c1-13(2)8-7-10-15-12-14-9-5-6-11-16(14)17(15,3)4/h7-8,10,12H,5-6,9,11H2,1-4H3/b10-7+. The third kappa shape index (κ3) is 2.46. The second kappa shape index (κ2) is 4.68. The molecule has 0 heterocycles. The first kappa shape index (κ1) is 12.4. The number of rotatable bonds is 2. The maximum atomic E-state index is 2.43. The van der Waals surface area contributed by atoms with Gasteiger partial charge in [-0.2, -0.15) is 0 Å². The SMILES string of the molecule is CC(C)=C/C=C/C1=CC2=C(CCCC2)C1(C)C. The minimum absolute atomic E-state index is 0.266. The monoisotopic (exact) mass is 228 g/mol. The molecule has 92 valence electrons. The van der Waals surface area contributed by atoms with Crippen molar-refractivity contribution in [3.8, 4) is 0 Å². The molecule has 2 rings (SSSR count). The first-order valence-electron chi connectivity index (χ1n) is 6.78. The fraction of sp³-hybridized carbons (Fsp3) is 0.529. The Balaban J connectivity index is 2.22. The molecule has 2 aliphatic carbocycles. The van der Waals surface area contributed by atoms with E-state index in [0.29, 0.717) is 0 Å². The zero-order valence-corrected chi connectivity index (χ0v) is 11.6. The van der Waals surface area contributed by atoms with E-state index in [4.69, 9.17) is 0 Å². The normalized spacial score (nSPS) is 22.7. The van der Waals surface area contributed by atoms with Crippen molar-refractivity contribution < 1.29 is 0 Å². The van der Waals surface area contributed by atoms with E-state index in [-0.39, 0.29) is 5.41 Å². The maximum Gasteiger partial charge on any atom is 0.0111 e. The molecule has 0 atom stereocenters. The molecule has 0 saturated carbocycles. The van der Waals surface area contributed by atoms with Crippen LogP contribution in [-0.2, 0) is 0 Å². The van der Waals surface area contributed by atoms with Crippen LogP contribution >= 0.6 is 0 Å². The Labute approximate surface area is 106 Å². The molecule has 0 unspecified atom stereocenters. The summed E-state index contributed by atoms with van der Waals surface area (Å²) in [6, 6.07) is 0. The van der Waals surface area contributed by atoms with Gasteiger partial charge in [0.2, 0.25) is 0 Å². The van der Waals surface area contributed by atoms with Crippen LogP contribution < -0.4 is 0 Å². The fourth-order valence-electron chi connectivity index (χ4n) is 2.94. The third-order valence-electron chi connectivity index (χ3n) is 4.02. The molecular formula is C17H24. The van der Waals surface area contributed by atoms with Crippen LogP contribution in [0.2, 0.25) is 0 Å². The molecule has 2 aliphatic rings. The Morgan fingerprint density at radius 2 is 1.88 bits per heavy atom. The van der Waals surface area contributed by atoms with Gasteiger partial charge in [-0.05, 0) is 50.7 Å². The van der Waals surface area contributed by atoms with Gasteiger partial charge in [0.1, 0.15) is 0 Å². The molecule has 0 radical (unpaired) electrons. The van der Waals surface area contributed by atoms with Crippen molar-refractivity contribution in [1.29, 1.82) is 0 Å². The molecule has 0 saturated heterocycles. The van der Waals surface area contributed by atoms with Gasteiger partial charge in [0.25, 0.3) is 0 Å². The van der Waals surface area contributed by atoms with Crippen molar-refractivity contribution in [2.45, 2.75) is 53.4 Å². The minimum Gasteiger partial charge on any atom is -0.0764 e. The molecule has 0 fully saturated rings. The summed E-state index contributed by atoms with van der Waals surface area (Å²) in [7, 11) is 0. The fourth-order valence-corrected chi connectivity index (χ4v) is 2.94. The largest absolute Gasteiger partial charge is 0.0764 e. The summed E-state index contributed by atoms with van der Waals surface area (Å²) in [5, 5.41) is 0. The van der Waals surface area contributed by atoms with Crippen LogP contribution in [0.5, 0.6) is 0 Å². The van der Waals surface area contributed by atoms with Crippen molar-refractivity contribution >= 4 is 0 Å². The van der Waals surface area contributed by atoms with Gasteiger partial charge in [-0.3, -0.25) is 0 Å². The molecule has 0 N–H and O–H groups in total. The smallest absolute Gasteiger partial charge is 0.0111 e. The van der Waals surface area contributed by atoms with E-state index in [1.807, 2.05) is 0 Å². The van der Waals surface area contributed by atoms with E-state index in [0.717, 1.165) is 0 Å². The van der Waals surface area contributed by atoms with E-state index in [9.17, 15) is 0 Å². The van der Waals surface area contributed by atoms with E-state index >= 15 is 0 Å². The lowest BCUT2D eigenvalue weighted by Gasteiger charge is -2.28. The zero-order valence-electron chi connectivity index (χ0n) is 11.6.